The molecular weight excluding hydrogens is 362 g/mol. The van der Waals surface area contributed by atoms with Crippen molar-refractivity contribution in [3.63, 3.8) is 0 Å². The van der Waals surface area contributed by atoms with Gasteiger partial charge in [-0.15, -0.1) is 0 Å². The average Bonchev–Trinajstić information content (AvgIpc) is 2.88. The Kier molecular flexibility index (Phi) is 5.20. The Balaban J connectivity index is 1.80. The van der Waals surface area contributed by atoms with Gasteiger partial charge in [-0.2, -0.15) is 0 Å². The van der Waals surface area contributed by atoms with Crippen LogP contribution in [0.5, 0.6) is 0 Å². The topological polar surface area (TPSA) is 54.5 Å². The number of halogens is 1. The van der Waals surface area contributed by atoms with Crippen molar-refractivity contribution < 1.29 is 14.4 Å². The number of hydrogen-bond acceptors (Lipinski definition) is 3. The van der Waals surface area contributed by atoms with Crippen molar-refractivity contribution in [3.05, 3.63) is 59.1 Å². The molecule has 2 amide bonds. The van der Waals surface area contributed by atoms with Gasteiger partial charge in [-0.25, -0.2) is 0 Å². The van der Waals surface area contributed by atoms with Crippen LogP contribution in [-0.2, 0) is 20.8 Å². The highest BCUT2D eigenvalue weighted by atomic mass is 35.5. The standard InChI is InChI=1S/C22H22ClNO3/c1-22(2,3)21(27)24-18(13-19(25)20(24)26)11-14-7-9-15(10-8-14)16-5-4-6-17(23)12-16/h4-10,12,18H,11,13H2,1-3H3/t18-/m1/s1. The van der Waals surface area contributed by atoms with Crippen molar-refractivity contribution >= 4 is 29.2 Å². The number of benzene rings is 2. The molecule has 1 atom stereocenters. The van der Waals surface area contributed by atoms with Crippen molar-refractivity contribution in [3.8, 4) is 11.1 Å². The first-order valence-electron chi connectivity index (χ1n) is 8.92. The summed E-state index contributed by atoms with van der Waals surface area (Å²) in [5, 5.41) is 0.677. The van der Waals surface area contributed by atoms with Crippen LogP contribution in [0.15, 0.2) is 48.5 Å². The van der Waals surface area contributed by atoms with Crippen LogP contribution in [0.25, 0.3) is 11.1 Å². The first-order valence-corrected chi connectivity index (χ1v) is 9.30. The second kappa shape index (κ2) is 7.28. The van der Waals surface area contributed by atoms with Crippen molar-refractivity contribution in [1.82, 2.24) is 4.90 Å². The van der Waals surface area contributed by atoms with Gasteiger partial charge in [-0.3, -0.25) is 19.3 Å². The minimum absolute atomic E-state index is 0.0801. The molecule has 0 N–H and O–H groups in total. The molecule has 3 rings (SSSR count). The van der Waals surface area contributed by atoms with Gasteiger partial charge < -0.3 is 0 Å². The second-order valence-electron chi connectivity index (χ2n) is 7.92. The summed E-state index contributed by atoms with van der Waals surface area (Å²) < 4.78 is 0. The maximum atomic E-state index is 12.6. The fraction of sp³-hybridized carbons (Fsp3) is 0.318. The Morgan fingerprint density at radius 3 is 2.33 bits per heavy atom. The SMILES string of the molecule is CC(C)(C)C(=O)N1C(=O)C(=O)C[C@H]1Cc1ccc(-c2cccc(Cl)c2)cc1. The summed E-state index contributed by atoms with van der Waals surface area (Å²) in [5.41, 5.74) is 2.31. The van der Waals surface area contributed by atoms with Gasteiger partial charge in [0, 0.05) is 16.9 Å². The van der Waals surface area contributed by atoms with Crippen molar-refractivity contribution in [1.29, 1.82) is 0 Å². The van der Waals surface area contributed by atoms with Gasteiger partial charge in [-0.1, -0.05) is 68.8 Å². The Labute approximate surface area is 164 Å². The van der Waals surface area contributed by atoms with Crippen molar-refractivity contribution in [2.45, 2.75) is 39.7 Å². The lowest BCUT2D eigenvalue weighted by Gasteiger charge is -2.28. The Morgan fingerprint density at radius 2 is 1.74 bits per heavy atom. The van der Waals surface area contributed by atoms with Crippen LogP contribution in [-0.4, -0.2) is 28.5 Å². The molecule has 1 saturated heterocycles. The first kappa shape index (κ1) is 19.3. The molecule has 1 aliphatic rings. The normalized spacial score (nSPS) is 17.5. The molecule has 0 spiro atoms. The number of amides is 2. The summed E-state index contributed by atoms with van der Waals surface area (Å²) in [5.74, 6) is -1.48. The zero-order valence-corrected chi connectivity index (χ0v) is 16.4. The van der Waals surface area contributed by atoms with Crippen LogP contribution >= 0.6 is 11.6 Å². The third-order valence-electron chi connectivity index (χ3n) is 4.69. The average molecular weight is 384 g/mol. The highest BCUT2D eigenvalue weighted by molar-refractivity contribution is 6.41. The number of carbonyl (C=O) groups excluding carboxylic acids is 3. The summed E-state index contributed by atoms with van der Waals surface area (Å²) in [6.45, 7) is 5.26. The number of hydrogen-bond donors (Lipinski definition) is 0. The van der Waals surface area contributed by atoms with Gasteiger partial charge in [0.2, 0.25) is 11.7 Å². The molecule has 2 aromatic rings. The van der Waals surface area contributed by atoms with Crippen molar-refractivity contribution in [2.24, 2.45) is 5.41 Å². The van der Waals surface area contributed by atoms with Crippen LogP contribution in [0.1, 0.15) is 32.8 Å². The van der Waals surface area contributed by atoms with Crippen LogP contribution in [0.3, 0.4) is 0 Å². The predicted octanol–water partition coefficient (Wildman–Crippen LogP) is 4.29. The molecule has 1 aliphatic heterocycles. The molecule has 1 fully saturated rings. The highest BCUT2D eigenvalue weighted by Gasteiger charge is 2.45. The molecule has 0 radical (unpaired) electrons. The van der Waals surface area contributed by atoms with E-state index in [0.29, 0.717) is 11.4 Å². The number of carbonyl (C=O) groups is 3. The highest BCUT2D eigenvalue weighted by Crippen LogP contribution is 2.28. The van der Waals surface area contributed by atoms with Gasteiger partial charge in [0.15, 0.2) is 0 Å². The largest absolute Gasteiger partial charge is 0.296 e. The summed E-state index contributed by atoms with van der Waals surface area (Å²) in [4.78, 5) is 37.9. The van der Waals surface area contributed by atoms with Crippen LogP contribution < -0.4 is 0 Å². The van der Waals surface area contributed by atoms with E-state index in [0.717, 1.165) is 21.6 Å². The fourth-order valence-electron chi connectivity index (χ4n) is 3.25. The molecule has 0 bridgehead atoms. The number of Topliss-reactive ketones (excluding diaryl/α,β-unsaturated/α-hetero) is 1. The third-order valence-corrected chi connectivity index (χ3v) is 4.92. The molecule has 0 aromatic heterocycles. The second-order valence-corrected chi connectivity index (χ2v) is 8.36. The van der Waals surface area contributed by atoms with E-state index in [-0.39, 0.29) is 12.3 Å². The van der Waals surface area contributed by atoms with Gasteiger partial charge in [0.1, 0.15) is 0 Å². The Bertz CT molecular complexity index is 897. The number of nitrogens with zero attached hydrogens (tertiary/aromatic N) is 1. The van der Waals surface area contributed by atoms with E-state index in [4.69, 9.17) is 11.6 Å². The quantitative estimate of drug-likeness (QED) is 0.743. The monoisotopic (exact) mass is 383 g/mol. The molecule has 27 heavy (non-hydrogen) atoms. The van der Waals surface area contributed by atoms with E-state index in [2.05, 4.69) is 0 Å². The first-order chi connectivity index (χ1) is 12.7. The molecule has 0 unspecified atom stereocenters. The van der Waals surface area contributed by atoms with E-state index in [1.54, 1.807) is 20.8 Å². The number of likely N-dealkylation sites (tertiary alicyclic amines) is 1. The molecule has 0 saturated carbocycles. The van der Waals surface area contributed by atoms with Gasteiger partial charge >= 0.3 is 0 Å². The lowest BCUT2D eigenvalue weighted by atomic mass is 9.93. The lowest BCUT2D eigenvalue weighted by molar-refractivity contribution is -0.152. The number of ketones is 1. The Morgan fingerprint density at radius 1 is 1.07 bits per heavy atom. The zero-order valence-electron chi connectivity index (χ0n) is 15.7. The molecule has 0 aliphatic carbocycles. The molecule has 140 valence electrons. The van der Waals surface area contributed by atoms with Gasteiger partial charge in [-0.05, 0) is 35.2 Å². The minimum atomic E-state index is -0.713. The predicted molar refractivity (Wildman–Crippen MR) is 105 cm³/mol. The summed E-state index contributed by atoms with van der Waals surface area (Å²) in [6.07, 6.45) is 0.547. The number of rotatable bonds is 3. The molecule has 2 aromatic carbocycles. The van der Waals surface area contributed by atoms with Crippen LogP contribution in [0.2, 0.25) is 5.02 Å². The molecule has 5 heteroatoms. The van der Waals surface area contributed by atoms with E-state index in [1.165, 1.54) is 0 Å². The van der Waals surface area contributed by atoms with E-state index < -0.39 is 23.1 Å². The van der Waals surface area contributed by atoms with E-state index in [1.807, 2.05) is 48.5 Å². The maximum Gasteiger partial charge on any atom is 0.296 e. The van der Waals surface area contributed by atoms with Crippen LogP contribution in [0.4, 0.5) is 0 Å². The third kappa shape index (κ3) is 4.11. The summed E-state index contributed by atoms with van der Waals surface area (Å²) in [6, 6.07) is 15.1. The van der Waals surface area contributed by atoms with Gasteiger partial charge in [0.25, 0.3) is 5.91 Å². The summed E-state index contributed by atoms with van der Waals surface area (Å²) in [7, 11) is 0. The molecule has 1 heterocycles. The Hall–Kier alpha value is -2.46. The van der Waals surface area contributed by atoms with Crippen molar-refractivity contribution in [2.75, 3.05) is 0 Å². The van der Waals surface area contributed by atoms with E-state index in [9.17, 15) is 14.4 Å². The van der Waals surface area contributed by atoms with E-state index >= 15 is 0 Å². The maximum absolute atomic E-state index is 12.6. The zero-order chi connectivity index (χ0) is 19.8. The molecule has 4 nitrogen and oxygen atoms in total. The number of imide groups is 1. The molecular formula is C22H22ClNO3. The van der Waals surface area contributed by atoms with Crippen LogP contribution in [0, 0.1) is 5.41 Å². The summed E-state index contributed by atoms with van der Waals surface area (Å²) >= 11 is 6.05. The minimum Gasteiger partial charge on any atom is -0.289 e. The lowest BCUT2D eigenvalue weighted by Crippen LogP contribution is -2.46. The smallest absolute Gasteiger partial charge is 0.289 e. The fourth-order valence-corrected chi connectivity index (χ4v) is 3.44. The van der Waals surface area contributed by atoms with Gasteiger partial charge in [0.05, 0.1) is 6.04 Å².